The fourth-order valence-electron chi connectivity index (χ4n) is 1.96. The molecule has 16 heavy (non-hydrogen) atoms. The van der Waals surface area contributed by atoms with Gasteiger partial charge in [-0.15, -0.1) is 0 Å². The maximum absolute atomic E-state index is 10.2. The predicted molar refractivity (Wildman–Crippen MR) is 66.4 cm³/mol. The average Bonchev–Trinajstić information content (AvgIpc) is 2.13. The summed E-state index contributed by atoms with van der Waals surface area (Å²) >= 11 is 0. The van der Waals surface area contributed by atoms with E-state index in [4.69, 9.17) is 0 Å². The van der Waals surface area contributed by atoms with E-state index in [1.54, 1.807) is 27.7 Å². The first-order valence-corrected chi connectivity index (χ1v) is 5.70. The molecule has 0 aliphatic rings. The Bertz CT molecular complexity index is 317. The van der Waals surface area contributed by atoms with Crippen molar-refractivity contribution in [3.05, 3.63) is 35.9 Å². The van der Waals surface area contributed by atoms with E-state index in [-0.39, 0.29) is 5.92 Å². The molecule has 0 radical (unpaired) electrons. The van der Waals surface area contributed by atoms with Gasteiger partial charge in [-0.1, -0.05) is 30.3 Å². The molecule has 0 spiro atoms. The zero-order chi connectivity index (χ0) is 12.4. The molecule has 0 saturated carbocycles. The molecule has 0 saturated heterocycles. The number of hydrogen-bond acceptors (Lipinski definition) is 2. The highest BCUT2D eigenvalue weighted by Gasteiger charge is 2.32. The number of benzene rings is 1. The van der Waals surface area contributed by atoms with Crippen LogP contribution in [0.15, 0.2) is 30.3 Å². The van der Waals surface area contributed by atoms with E-state index in [0.29, 0.717) is 6.42 Å². The summed E-state index contributed by atoms with van der Waals surface area (Å²) in [5, 5.41) is 20.1. The number of aliphatic hydroxyl groups is 2. The van der Waals surface area contributed by atoms with Crippen molar-refractivity contribution in [1.29, 1.82) is 0 Å². The third-order valence-electron chi connectivity index (χ3n) is 2.76. The van der Waals surface area contributed by atoms with Crippen molar-refractivity contribution < 1.29 is 10.2 Å². The first kappa shape index (κ1) is 13.2. The van der Waals surface area contributed by atoms with Crippen LogP contribution in [-0.4, -0.2) is 21.4 Å². The van der Waals surface area contributed by atoms with Gasteiger partial charge in [-0.25, -0.2) is 0 Å². The minimum atomic E-state index is -0.832. The summed E-state index contributed by atoms with van der Waals surface area (Å²) in [6.07, 6.45) is 0.542. The highest BCUT2D eigenvalue weighted by atomic mass is 16.3. The van der Waals surface area contributed by atoms with Crippen LogP contribution in [0, 0.1) is 0 Å². The van der Waals surface area contributed by atoms with E-state index in [1.807, 2.05) is 30.3 Å². The van der Waals surface area contributed by atoms with Gasteiger partial charge in [0.1, 0.15) is 0 Å². The molecular formula is C14H22O2. The van der Waals surface area contributed by atoms with Crippen molar-refractivity contribution in [3.63, 3.8) is 0 Å². The lowest BCUT2D eigenvalue weighted by Gasteiger charge is -2.34. The Morgan fingerprint density at radius 3 is 1.88 bits per heavy atom. The Labute approximate surface area is 97.9 Å². The fraction of sp³-hybridized carbons (Fsp3) is 0.571. The zero-order valence-corrected chi connectivity index (χ0v) is 10.6. The van der Waals surface area contributed by atoms with Gasteiger partial charge in [-0.2, -0.15) is 0 Å². The van der Waals surface area contributed by atoms with Crippen molar-refractivity contribution in [3.8, 4) is 0 Å². The maximum atomic E-state index is 10.2. The first-order valence-electron chi connectivity index (χ1n) is 5.70. The van der Waals surface area contributed by atoms with Crippen molar-refractivity contribution in [2.24, 2.45) is 0 Å². The molecular weight excluding hydrogens is 200 g/mol. The fourth-order valence-corrected chi connectivity index (χ4v) is 1.96. The van der Waals surface area contributed by atoms with E-state index in [9.17, 15) is 10.2 Å². The highest BCUT2D eigenvalue weighted by Crippen LogP contribution is 2.34. The topological polar surface area (TPSA) is 40.5 Å². The quantitative estimate of drug-likeness (QED) is 0.822. The zero-order valence-electron chi connectivity index (χ0n) is 10.6. The lowest BCUT2D eigenvalue weighted by Crippen LogP contribution is -2.35. The van der Waals surface area contributed by atoms with E-state index in [2.05, 4.69) is 0 Å². The van der Waals surface area contributed by atoms with E-state index in [0.717, 1.165) is 5.56 Å². The molecule has 1 unspecified atom stereocenters. The van der Waals surface area contributed by atoms with Gasteiger partial charge >= 0.3 is 0 Å². The highest BCUT2D eigenvalue weighted by molar-refractivity contribution is 5.22. The van der Waals surface area contributed by atoms with Gasteiger partial charge < -0.3 is 10.2 Å². The molecule has 0 aromatic heterocycles. The van der Waals surface area contributed by atoms with Crippen molar-refractivity contribution in [1.82, 2.24) is 0 Å². The van der Waals surface area contributed by atoms with Crippen LogP contribution in [0.2, 0.25) is 0 Å². The molecule has 0 fully saturated rings. The third-order valence-corrected chi connectivity index (χ3v) is 2.76. The van der Waals surface area contributed by atoms with E-state index < -0.39 is 11.2 Å². The second kappa shape index (κ2) is 4.56. The van der Waals surface area contributed by atoms with Crippen LogP contribution in [-0.2, 0) is 0 Å². The van der Waals surface area contributed by atoms with Gasteiger partial charge in [0.25, 0.3) is 0 Å². The summed E-state index contributed by atoms with van der Waals surface area (Å²) in [6.45, 7) is 7.12. The standard InChI is InChI=1S/C14H22O2/c1-13(2,15)10-12(14(3,4)16)11-8-6-5-7-9-11/h5-9,12,15-16H,10H2,1-4H3. The smallest absolute Gasteiger partial charge is 0.0661 e. The van der Waals surface area contributed by atoms with Gasteiger partial charge in [0, 0.05) is 5.92 Å². The molecule has 2 N–H and O–H groups in total. The van der Waals surface area contributed by atoms with E-state index in [1.165, 1.54) is 0 Å². The Kier molecular flexibility index (Phi) is 3.76. The van der Waals surface area contributed by atoms with E-state index >= 15 is 0 Å². The SMILES string of the molecule is CC(C)(O)CC(c1ccccc1)C(C)(C)O. The lowest BCUT2D eigenvalue weighted by molar-refractivity contribution is -0.00224. The van der Waals surface area contributed by atoms with Gasteiger partial charge in [0.15, 0.2) is 0 Å². The van der Waals surface area contributed by atoms with Crippen LogP contribution in [0.25, 0.3) is 0 Å². The molecule has 0 aliphatic heterocycles. The second-order valence-electron chi connectivity index (χ2n) is 5.63. The molecule has 1 atom stereocenters. The molecule has 90 valence electrons. The molecule has 1 aromatic rings. The molecule has 0 heterocycles. The molecule has 1 rings (SSSR count). The van der Waals surface area contributed by atoms with Crippen molar-refractivity contribution in [2.45, 2.75) is 51.2 Å². The lowest BCUT2D eigenvalue weighted by atomic mass is 9.78. The summed E-state index contributed by atoms with van der Waals surface area (Å²) in [5.41, 5.74) is -0.542. The molecule has 1 aromatic carbocycles. The van der Waals surface area contributed by atoms with Crippen LogP contribution in [0.1, 0.15) is 45.6 Å². The minimum Gasteiger partial charge on any atom is -0.390 e. The van der Waals surface area contributed by atoms with Crippen LogP contribution < -0.4 is 0 Å². The van der Waals surface area contributed by atoms with Crippen LogP contribution in [0.4, 0.5) is 0 Å². The Hall–Kier alpha value is -0.860. The third kappa shape index (κ3) is 3.95. The summed E-state index contributed by atoms with van der Waals surface area (Å²) < 4.78 is 0. The number of rotatable bonds is 4. The Balaban J connectivity index is 2.98. The Morgan fingerprint density at radius 2 is 1.50 bits per heavy atom. The molecule has 0 aliphatic carbocycles. The van der Waals surface area contributed by atoms with Crippen molar-refractivity contribution >= 4 is 0 Å². The number of hydrogen-bond donors (Lipinski definition) is 2. The normalized spacial score (nSPS) is 14.9. The first-order chi connectivity index (χ1) is 7.20. The maximum Gasteiger partial charge on any atom is 0.0661 e. The summed E-state index contributed by atoms with van der Waals surface area (Å²) in [6, 6.07) is 9.86. The van der Waals surface area contributed by atoms with Crippen LogP contribution in [0.3, 0.4) is 0 Å². The largest absolute Gasteiger partial charge is 0.390 e. The second-order valence-corrected chi connectivity index (χ2v) is 5.63. The molecule has 0 bridgehead atoms. The Morgan fingerprint density at radius 1 is 1.00 bits per heavy atom. The van der Waals surface area contributed by atoms with Crippen LogP contribution in [0.5, 0.6) is 0 Å². The summed E-state index contributed by atoms with van der Waals surface area (Å²) in [5.74, 6) is -0.0614. The van der Waals surface area contributed by atoms with Gasteiger partial charge in [0.2, 0.25) is 0 Å². The van der Waals surface area contributed by atoms with Gasteiger partial charge in [0.05, 0.1) is 11.2 Å². The van der Waals surface area contributed by atoms with Gasteiger partial charge in [-0.3, -0.25) is 0 Å². The van der Waals surface area contributed by atoms with Crippen molar-refractivity contribution in [2.75, 3.05) is 0 Å². The monoisotopic (exact) mass is 222 g/mol. The summed E-state index contributed by atoms with van der Waals surface area (Å²) in [4.78, 5) is 0. The van der Waals surface area contributed by atoms with Gasteiger partial charge in [-0.05, 0) is 39.7 Å². The molecule has 2 nitrogen and oxygen atoms in total. The molecule has 0 amide bonds. The minimum absolute atomic E-state index is 0.0614. The average molecular weight is 222 g/mol. The predicted octanol–water partition coefficient (Wildman–Crippen LogP) is 2.70. The summed E-state index contributed by atoms with van der Waals surface area (Å²) in [7, 11) is 0. The van der Waals surface area contributed by atoms with Crippen LogP contribution >= 0.6 is 0 Å². The molecule has 2 heteroatoms.